The number of guanidine groups is 1. The zero-order chi connectivity index (χ0) is 15.9. The molecule has 1 spiro atoms. The number of carbonyl (C=O) groups is 1. The van der Waals surface area contributed by atoms with Crippen LogP contribution in [0.4, 0.5) is 0 Å². The van der Waals surface area contributed by atoms with Crippen molar-refractivity contribution in [2.24, 2.45) is 16.3 Å². The van der Waals surface area contributed by atoms with Crippen molar-refractivity contribution in [1.29, 1.82) is 0 Å². The number of aliphatic imine (C=N–C) groups is 1. The summed E-state index contributed by atoms with van der Waals surface area (Å²) < 4.78 is 6.05. The Morgan fingerprint density at radius 3 is 2.75 bits per heavy atom. The van der Waals surface area contributed by atoms with Crippen molar-refractivity contribution in [3.8, 4) is 0 Å². The second-order valence-corrected chi connectivity index (χ2v) is 7.56. The molecule has 24 heavy (non-hydrogen) atoms. The summed E-state index contributed by atoms with van der Waals surface area (Å²) in [5, 5.41) is 10.1. The first-order valence-electron chi connectivity index (χ1n) is 9.11. The summed E-state index contributed by atoms with van der Waals surface area (Å²) in [6.45, 7) is 1.60. The average Bonchev–Trinajstić information content (AvgIpc) is 3.21. The molecule has 2 aliphatic heterocycles. The van der Waals surface area contributed by atoms with Crippen molar-refractivity contribution < 1.29 is 9.53 Å². The van der Waals surface area contributed by atoms with Crippen molar-refractivity contribution in [2.45, 2.75) is 63.1 Å². The summed E-state index contributed by atoms with van der Waals surface area (Å²) >= 11 is 0. The highest BCUT2D eigenvalue weighted by atomic mass is 127. The maximum absolute atomic E-state index is 11.3. The van der Waals surface area contributed by atoms with Crippen LogP contribution in [-0.2, 0) is 9.53 Å². The van der Waals surface area contributed by atoms with Crippen LogP contribution in [0.2, 0.25) is 0 Å². The monoisotopic (exact) mass is 448 g/mol. The van der Waals surface area contributed by atoms with Crippen LogP contribution >= 0.6 is 24.0 Å². The lowest BCUT2D eigenvalue weighted by Crippen LogP contribution is -2.69. The second kappa shape index (κ2) is 7.35. The van der Waals surface area contributed by atoms with Gasteiger partial charge in [0.25, 0.3) is 0 Å². The van der Waals surface area contributed by atoms with Gasteiger partial charge >= 0.3 is 0 Å². The number of carbonyl (C=O) groups excluding carboxylic acids is 1. The minimum Gasteiger partial charge on any atom is -0.377 e. The molecule has 4 atom stereocenters. The Morgan fingerprint density at radius 1 is 1.29 bits per heavy atom. The number of amides is 1. The zero-order valence-corrected chi connectivity index (χ0v) is 16.7. The molecule has 6 nitrogen and oxygen atoms in total. The van der Waals surface area contributed by atoms with E-state index in [9.17, 15) is 4.79 Å². The van der Waals surface area contributed by atoms with E-state index in [0.717, 1.165) is 19.0 Å². The Balaban J connectivity index is 0.00000169. The number of ether oxygens (including phenoxy) is 1. The molecule has 2 saturated heterocycles. The molecule has 136 valence electrons. The molecule has 2 aliphatic carbocycles. The third-order valence-corrected chi connectivity index (χ3v) is 6.41. The standard InChI is InChI=1S/C17H28N4O2.HI/c1-18-16(20-11-4-5-13(22)19-10-11)21-14-12-6-9-23-15(12)17(14)7-2-3-8-17;/h11-12,14-15H,2-10H2,1H3,(H,19,22)(H2,18,20,21);1H. The lowest BCUT2D eigenvalue weighted by Gasteiger charge is -2.57. The van der Waals surface area contributed by atoms with Crippen molar-refractivity contribution in [3.63, 3.8) is 0 Å². The Hall–Kier alpha value is -0.570. The minimum absolute atomic E-state index is 0. The molecule has 0 aromatic rings. The molecular weight excluding hydrogens is 419 g/mol. The van der Waals surface area contributed by atoms with Crippen LogP contribution in [0, 0.1) is 11.3 Å². The van der Waals surface area contributed by atoms with Crippen LogP contribution in [0.3, 0.4) is 0 Å². The van der Waals surface area contributed by atoms with Gasteiger partial charge in [-0.05, 0) is 25.7 Å². The van der Waals surface area contributed by atoms with Gasteiger partial charge in [-0.15, -0.1) is 24.0 Å². The fourth-order valence-electron chi connectivity index (χ4n) is 5.27. The SMILES string of the molecule is CN=C(NC1CCC(=O)NC1)NC1C2CCOC2C12CCCC2.I. The largest absolute Gasteiger partial charge is 0.377 e. The number of hydrogen-bond acceptors (Lipinski definition) is 3. The van der Waals surface area contributed by atoms with Crippen LogP contribution in [-0.4, -0.2) is 50.3 Å². The Labute approximate surface area is 161 Å². The highest BCUT2D eigenvalue weighted by Gasteiger charge is 2.65. The van der Waals surface area contributed by atoms with Gasteiger partial charge in [0, 0.05) is 50.0 Å². The van der Waals surface area contributed by atoms with Crippen LogP contribution < -0.4 is 16.0 Å². The molecule has 4 fully saturated rings. The van der Waals surface area contributed by atoms with Gasteiger partial charge in [-0.25, -0.2) is 0 Å². The Morgan fingerprint density at radius 2 is 2.08 bits per heavy atom. The Kier molecular flexibility index (Phi) is 5.58. The lowest BCUT2D eigenvalue weighted by atomic mass is 9.54. The number of nitrogens with zero attached hydrogens (tertiary/aromatic N) is 1. The van der Waals surface area contributed by atoms with E-state index in [2.05, 4.69) is 20.9 Å². The predicted octanol–water partition coefficient (Wildman–Crippen LogP) is 1.40. The van der Waals surface area contributed by atoms with E-state index in [1.54, 1.807) is 0 Å². The Bertz CT molecular complexity index is 497. The third-order valence-electron chi connectivity index (χ3n) is 6.41. The predicted molar refractivity (Wildman–Crippen MR) is 104 cm³/mol. The summed E-state index contributed by atoms with van der Waals surface area (Å²) in [5.41, 5.74) is 0.333. The first kappa shape index (κ1) is 18.2. The summed E-state index contributed by atoms with van der Waals surface area (Å²) in [5.74, 6) is 1.67. The van der Waals surface area contributed by atoms with Crippen LogP contribution in [0.5, 0.6) is 0 Å². The quantitative estimate of drug-likeness (QED) is 0.339. The van der Waals surface area contributed by atoms with Crippen molar-refractivity contribution in [3.05, 3.63) is 0 Å². The molecule has 2 saturated carbocycles. The molecule has 1 amide bonds. The highest BCUT2D eigenvalue weighted by molar-refractivity contribution is 14.0. The fourth-order valence-corrected chi connectivity index (χ4v) is 5.27. The average molecular weight is 448 g/mol. The van der Waals surface area contributed by atoms with Crippen LogP contribution in [0.15, 0.2) is 4.99 Å². The molecule has 0 radical (unpaired) electrons. The lowest BCUT2D eigenvalue weighted by molar-refractivity contribution is -0.125. The maximum atomic E-state index is 11.3. The molecule has 4 unspecified atom stereocenters. The summed E-state index contributed by atoms with van der Waals surface area (Å²) in [6, 6.07) is 0.760. The van der Waals surface area contributed by atoms with Gasteiger partial charge in [-0.3, -0.25) is 9.79 Å². The molecule has 4 rings (SSSR count). The van der Waals surface area contributed by atoms with E-state index < -0.39 is 0 Å². The first-order valence-corrected chi connectivity index (χ1v) is 9.11. The van der Waals surface area contributed by atoms with Crippen LogP contribution in [0.25, 0.3) is 0 Å². The van der Waals surface area contributed by atoms with Gasteiger partial charge in [0.2, 0.25) is 5.91 Å². The van der Waals surface area contributed by atoms with E-state index >= 15 is 0 Å². The summed E-state index contributed by atoms with van der Waals surface area (Å²) in [7, 11) is 1.83. The van der Waals surface area contributed by atoms with Gasteiger partial charge in [-0.1, -0.05) is 12.8 Å². The van der Waals surface area contributed by atoms with Crippen LogP contribution in [0.1, 0.15) is 44.9 Å². The van der Waals surface area contributed by atoms with Crippen molar-refractivity contribution in [1.82, 2.24) is 16.0 Å². The number of piperidine rings is 1. The smallest absolute Gasteiger partial charge is 0.220 e. The molecule has 0 bridgehead atoms. The summed E-state index contributed by atoms with van der Waals surface area (Å²) in [4.78, 5) is 15.7. The number of nitrogens with one attached hydrogen (secondary N) is 3. The normalized spacial score (nSPS) is 37.2. The number of hydrogen-bond donors (Lipinski definition) is 3. The topological polar surface area (TPSA) is 74.8 Å². The molecule has 0 aromatic carbocycles. The molecule has 4 aliphatic rings. The third kappa shape index (κ3) is 3.02. The molecule has 0 aromatic heterocycles. The minimum atomic E-state index is 0. The van der Waals surface area contributed by atoms with Gasteiger partial charge in [-0.2, -0.15) is 0 Å². The van der Waals surface area contributed by atoms with Crippen molar-refractivity contribution >= 4 is 35.8 Å². The van der Waals surface area contributed by atoms with E-state index in [1.807, 2.05) is 7.05 Å². The highest BCUT2D eigenvalue weighted by Crippen LogP contribution is 2.60. The molecule has 3 N–H and O–H groups in total. The maximum Gasteiger partial charge on any atom is 0.220 e. The van der Waals surface area contributed by atoms with E-state index in [4.69, 9.17) is 4.74 Å². The van der Waals surface area contributed by atoms with Gasteiger partial charge < -0.3 is 20.7 Å². The van der Waals surface area contributed by atoms with Gasteiger partial charge in [0.05, 0.1) is 6.10 Å². The number of fused-ring (bicyclic) bond motifs is 2. The van der Waals surface area contributed by atoms with Gasteiger partial charge in [0.1, 0.15) is 0 Å². The molecule has 2 heterocycles. The van der Waals surface area contributed by atoms with Crippen molar-refractivity contribution in [2.75, 3.05) is 20.2 Å². The molecular formula is C17H29IN4O2. The van der Waals surface area contributed by atoms with E-state index in [1.165, 1.54) is 32.1 Å². The fraction of sp³-hybridized carbons (Fsp3) is 0.882. The van der Waals surface area contributed by atoms with Gasteiger partial charge in [0.15, 0.2) is 5.96 Å². The second-order valence-electron chi connectivity index (χ2n) is 7.56. The number of rotatable bonds is 2. The molecule has 7 heteroatoms. The van der Waals surface area contributed by atoms with E-state index in [-0.39, 0.29) is 35.9 Å². The van der Waals surface area contributed by atoms with E-state index in [0.29, 0.717) is 36.4 Å². The zero-order valence-electron chi connectivity index (χ0n) is 14.3. The summed E-state index contributed by atoms with van der Waals surface area (Å²) in [6.07, 6.45) is 8.31. The number of halogens is 1. The first-order chi connectivity index (χ1) is 11.2.